The molecule has 90 valence electrons. The number of quaternary nitrogens is 1. The molecule has 1 aromatic rings. The molecule has 0 fully saturated rings. The fourth-order valence-electron chi connectivity index (χ4n) is 1.27. The third kappa shape index (κ3) is 5.29. The number of nitriles is 1. The summed E-state index contributed by atoms with van der Waals surface area (Å²) in [7, 11) is 4.18. The Morgan fingerprint density at radius 1 is 1.47 bits per heavy atom. The summed E-state index contributed by atoms with van der Waals surface area (Å²) in [6.07, 6.45) is 0. The molecule has 1 rings (SSSR count). The minimum Gasteiger partial charge on any atom is -0.357 e. The lowest BCUT2D eigenvalue weighted by molar-refractivity contribution is -0.856. The highest BCUT2D eigenvalue weighted by Gasteiger charge is 1.99. The van der Waals surface area contributed by atoms with Crippen LogP contribution in [-0.2, 0) is 0 Å². The number of nitrogens with zero attached hydrogens (tertiary/aromatic N) is 1. The van der Waals surface area contributed by atoms with Gasteiger partial charge in [-0.15, -0.1) is 0 Å². The Morgan fingerprint density at radius 2 is 2.24 bits per heavy atom. The zero-order valence-corrected chi connectivity index (χ0v) is 10.9. The third-order valence-electron chi connectivity index (χ3n) is 2.16. The van der Waals surface area contributed by atoms with Gasteiger partial charge in [0.1, 0.15) is 0 Å². The van der Waals surface area contributed by atoms with Crippen LogP contribution in [0, 0.1) is 11.3 Å². The molecule has 0 atom stereocenters. The normalized spacial score (nSPS) is 9.76. The fraction of sp³-hybridized carbons (Fsp3) is 0.333. The second-order valence-electron chi connectivity index (χ2n) is 4.03. The summed E-state index contributed by atoms with van der Waals surface area (Å²) in [4.78, 5) is 1.37. The molecule has 0 unspecified atom stereocenters. The average Bonchev–Trinajstić information content (AvgIpc) is 2.28. The standard InChI is InChI=1S/C12H16N4S/c1-16(2)7-6-14-12(17)15-11-5-3-4-10(8-11)9-13/h3-5,8H,6-7H2,1-2H3,(H2,14,15,17)/p+1. The van der Waals surface area contributed by atoms with Crippen molar-refractivity contribution in [3.63, 3.8) is 0 Å². The van der Waals surface area contributed by atoms with Crippen molar-refractivity contribution in [1.29, 1.82) is 5.26 Å². The summed E-state index contributed by atoms with van der Waals surface area (Å²) in [5.41, 5.74) is 1.45. The van der Waals surface area contributed by atoms with Crippen LogP contribution in [0.3, 0.4) is 0 Å². The van der Waals surface area contributed by atoms with E-state index in [0.717, 1.165) is 18.8 Å². The number of anilines is 1. The monoisotopic (exact) mass is 249 g/mol. The van der Waals surface area contributed by atoms with Gasteiger partial charge in [-0.05, 0) is 30.4 Å². The summed E-state index contributed by atoms with van der Waals surface area (Å²) in [6, 6.07) is 9.33. The van der Waals surface area contributed by atoms with Crippen LogP contribution in [0.15, 0.2) is 24.3 Å². The third-order valence-corrected chi connectivity index (χ3v) is 2.41. The fourth-order valence-corrected chi connectivity index (χ4v) is 1.49. The highest BCUT2D eigenvalue weighted by molar-refractivity contribution is 7.80. The number of hydrogen-bond donors (Lipinski definition) is 3. The van der Waals surface area contributed by atoms with Crippen molar-refractivity contribution in [1.82, 2.24) is 5.32 Å². The average molecular weight is 249 g/mol. The van der Waals surface area contributed by atoms with Gasteiger partial charge < -0.3 is 15.5 Å². The molecule has 0 bridgehead atoms. The number of hydrogen-bond acceptors (Lipinski definition) is 2. The van der Waals surface area contributed by atoms with Gasteiger partial charge in [0.25, 0.3) is 0 Å². The van der Waals surface area contributed by atoms with E-state index in [1.807, 2.05) is 12.1 Å². The van der Waals surface area contributed by atoms with E-state index in [4.69, 9.17) is 17.5 Å². The van der Waals surface area contributed by atoms with Crippen molar-refractivity contribution in [2.24, 2.45) is 0 Å². The number of thiocarbonyl (C=S) groups is 1. The van der Waals surface area contributed by atoms with Gasteiger partial charge in [0, 0.05) is 5.69 Å². The zero-order chi connectivity index (χ0) is 12.7. The van der Waals surface area contributed by atoms with Crippen LogP contribution in [0.1, 0.15) is 5.56 Å². The predicted octanol–water partition coefficient (Wildman–Crippen LogP) is -0.0108. The largest absolute Gasteiger partial charge is 0.357 e. The second-order valence-corrected chi connectivity index (χ2v) is 4.44. The summed E-state index contributed by atoms with van der Waals surface area (Å²) >= 11 is 5.15. The van der Waals surface area contributed by atoms with E-state index in [-0.39, 0.29) is 0 Å². The lowest BCUT2D eigenvalue weighted by atomic mass is 10.2. The quantitative estimate of drug-likeness (QED) is 0.657. The molecule has 0 heterocycles. The van der Waals surface area contributed by atoms with Crippen LogP contribution in [0.4, 0.5) is 5.69 Å². The van der Waals surface area contributed by atoms with Crippen molar-refractivity contribution in [2.75, 3.05) is 32.5 Å². The topological polar surface area (TPSA) is 52.3 Å². The summed E-state index contributed by atoms with van der Waals surface area (Å²) in [6.45, 7) is 1.83. The maximum Gasteiger partial charge on any atom is 0.170 e. The molecule has 0 spiro atoms. The Labute approximate surface area is 107 Å². The highest BCUT2D eigenvalue weighted by atomic mass is 32.1. The van der Waals surface area contributed by atoms with Gasteiger partial charge in [-0.3, -0.25) is 0 Å². The maximum absolute atomic E-state index is 8.77. The summed E-state index contributed by atoms with van der Waals surface area (Å²) in [5.74, 6) is 0. The van der Waals surface area contributed by atoms with Crippen LogP contribution in [0.5, 0.6) is 0 Å². The van der Waals surface area contributed by atoms with Crippen LogP contribution in [-0.4, -0.2) is 32.3 Å². The molecule has 0 radical (unpaired) electrons. The Kier molecular flexibility index (Phi) is 5.40. The number of nitrogens with one attached hydrogen (secondary N) is 3. The molecule has 0 aliphatic carbocycles. The van der Waals surface area contributed by atoms with Gasteiger partial charge in [0.15, 0.2) is 5.11 Å². The smallest absolute Gasteiger partial charge is 0.170 e. The number of benzene rings is 1. The zero-order valence-electron chi connectivity index (χ0n) is 10.1. The molecule has 5 heteroatoms. The van der Waals surface area contributed by atoms with Gasteiger partial charge in [-0.1, -0.05) is 6.07 Å². The van der Waals surface area contributed by atoms with E-state index in [0.29, 0.717) is 10.7 Å². The van der Waals surface area contributed by atoms with E-state index < -0.39 is 0 Å². The van der Waals surface area contributed by atoms with Crippen molar-refractivity contribution in [3.05, 3.63) is 29.8 Å². The molecule has 0 saturated heterocycles. The van der Waals surface area contributed by atoms with Crippen LogP contribution < -0.4 is 15.5 Å². The molecular formula is C12H17N4S+. The lowest BCUT2D eigenvalue weighted by Crippen LogP contribution is -3.06. The Morgan fingerprint density at radius 3 is 2.88 bits per heavy atom. The van der Waals surface area contributed by atoms with Crippen molar-refractivity contribution in [3.8, 4) is 6.07 Å². The Bertz CT molecular complexity index is 423. The first-order valence-corrected chi connectivity index (χ1v) is 5.86. The molecular weight excluding hydrogens is 232 g/mol. The highest BCUT2D eigenvalue weighted by Crippen LogP contribution is 2.09. The van der Waals surface area contributed by atoms with E-state index in [1.54, 1.807) is 12.1 Å². The Hall–Kier alpha value is -1.64. The minimum absolute atomic E-state index is 0.585. The van der Waals surface area contributed by atoms with Crippen LogP contribution >= 0.6 is 12.2 Å². The van der Waals surface area contributed by atoms with Gasteiger partial charge in [-0.25, -0.2) is 0 Å². The van der Waals surface area contributed by atoms with Crippen molar-refractivity contribution in [2.45, 2.75) is 0 Å². The molecule has 1 aromatic carbocycles. The maximum atomic E-state index is 8.77. The van der Waals surface area contributed by atoms with E-state index in [9.17, 15) is 0 Å². The van der Waals surface area contributed by atoms with Crippen molar-refractivity contribution >= 4 is 23.0 Å². The molecule has 0 aromatic heterocycles. The first-order valence-electron chi connectivity index (χ1n) is 5.46. The van der Waals surface area contributed by atoms with Gasteiger partial charge in [0.2, 0.25) is 0 Å². The van der Waals surface area contributed by atoms with E-state index in [2.05, 4.69) is 30.8 Å². The van der Waals surface area contributed by atoms with Gasteiger partial charge in [0.05, 0.1) is 38.8 Å². The SMILES string of the molecule is C[NH+](C)CCNC(=S)Nc1cccc(C#N)c1. The molecule has 0 aliphatic heterocycles. The first kappa shape index (κ1) is 13.4. The lowest BCUT2D eigenvalue weighted by Gasteiger charge is -2.12. The van der Waals surface area contributed by atoms with Gasteiger partial charge >= 0.3 is 0 Å². The first-order chi connectivity index (χ1) is 8.11. The molecule has 0 aliphatic rings. The van der Waals surface area contributed by atoms with Gasteiger partial charge in [-0.2, -0.15) is 5.26 Å². The number of rotatable bonds is 4. The summed E-state index contributed by atoms with van der Waals surface area (Å²) in [5, 5.41) is 15.5. The second kappa shape index (κ2) is 6.84. The molecule has 17 heavy (non-hydrogen) atoms. The van der Waals surface area contributed by atoms with Crippen LogP contribution in [0.2, 0.25) is 0 Å². The Balaban J connectivity index is 2.43. The number of likely N-dealkylation sites (N-methyl/N-ethyl adjacent to an activating group) is 1. The minimum atomic E-state index is 0.585. The van der Waals surface area contributed by atoms with Crippen LogP contribution in [0.25, 0.3) is 0 Å². The molecule has 3 N–H and O–H groups in total. The van der Waals surface area contributed by atoms with E-state index >= 15 is 0 Å². The predicted molar refractivity (Wildman–Crippen MR) is 73.1 cm³/mol. The molecule has 0 amide bonds. The molecule has 0 saturated carbocycles. The molecule has 4 nitrogen and oxygen atoms in total. The summed E-state index contributed by atoms with van der Waals surface area (Å²) < 4.78 is 0. The van der Waals surface area contributed by atoms with Crippen molar-refractivity contribution < 1.29 is 4.90 Å². The van der Waals surface area contributed by atoms with E-state index in [1.165, 1.54) is 4.90 Å².